The van der Waals surface area contributed by atoms with Crippen LogP contribution in [0, 0.1) is 16.0 Å². The van der Waals surface area contributed by atoms with Crippen LogP contribution in [0.25, 0.3) is 0 Å². The molecule has 1 saturated heterocycles. The molecule has 2 fully saturated rings. The van der Waals surface area contributed by atoms with E-state index >= 15 is 0 Å². The molecule has 0 bridgehead atoms. The van der Waals surface area contributed by atoms with Gasteiger partial charge in [0.05, 0.1) is 11.0 Å². The maximum atomic E-state index is 10.7. The van der Waals surface area contributed by atoms with Crippen LogP contribution >= 0.6 is 20.2 Å². The van der Waals surface area contributed by atoms with Crippen LogP contribution in [0.3, 0.4) is 0 Å². The lowest BCUT2D eigenvalue weighted by molar-refractivity contribution is -0.384. The largest absolute Gasteiger partial charge is 0.424 e. The number of hydrogen-bond acceptors (Lipinski definition) is 6. The van der Waals surface area contributed by atoms with E-state index in [4.69, 9.17) is 25.4 Å². The molecule has 25 heavy (non-hydrogen) atoms. The molecular formula is C16H22NO5PS2. The third kappa shape index (κ3) is 4.26. The summed E-state index contributed by atoms with van der Waals surface area (Å²) in [5, 5.41) is 10.7. The first-order valence-corrected chi connectivity index (χ1v) is 10.3. The van der Waals surface area contributed by atoms with E-state index in [0.717, 1.165) is 24.8 Å². The Hall–Kier alpha value is -0.920. The zero-order chi connectivity index (χ0) is 17.5. The third-order valence-corrected chi connectivity index (χ3v) is 7.00. The Bertz CT molecular complexity index is 726. The number of benzene rings is 1. The van der Waals surface area contributed by atoms with Crippen LogP contribution in [0.4, 0.5) is 5.69 Å². The number of rotatable bonds is 4. The quantitative estimate of drug-likeness (QED) is 0.309. The van der Waals surface area contributed by atoms with Crippen LogP contribution in [0.5, 0.6) is 5.75 Å². The van der Waals surface area contributed by atoms with E-state index in [-0.39, 0.29) is 25.3 Å². The molecule has 0 N–H and O–H groups in total. The Morgan fingerprint density at radius 2 is 2.12 bits per heavy atom. The fourth-order valence-corrected chi connectivity index (χ4v) is 6.11. The summed E-state index contributed by atoms with van der Waals surface area (Å²) < 4.78 is 17.9. The lowest BCUT2D eigenvalue weighted by atomic mass is 9.75. The molecule has 2 aliphatic rings. The maximum Gasteiger partial charge on any atom is 0.381 e. The van der Waals surface area contributed by atoms with Gasteiger partial charge in [-0.3, -0.25) is 19.2 Å². The second kappa shape index (κ2) is 7.37. The van der Waals surface area contributed by atoms with Gasteiger partial charge in [0.15, 0.2) is 0 Å². The van der Waals surface area contributed by atoms with Crippen molar-refractivity contribution >= 4 is 37.7 Å². The van der Waals surface area contributed by atoms with Crippen molar-refractivity contribution in [1.82, 2.24) is 0 Å². The first-order chi connectivity index (χ1) is 11.2. The third-order valence-electron chi connectivity index (χ3n) is 4.71. The number of nitrogens with zero attached hydrogens (tertiary/aromatic N) is 1. The van der Waals surface area contributed by atoms with E-state index in [1.165, 1.54) is 24.3 Å². The van der Waals surface area contributed by atoms with Gasteiger partial charge in [0, 0.05) is 23.9 Å². The molecule has 0 amide bonds. The van der Waals surface area contributed by atoms with Gasteiger partial charge >= 0.3 is 6.72 Å². The average molecular weight is 403 g/mol. The lowest BCUT2D eigenvalue weighted by Gasteiger charge is -2.36. The SMILES string of the molecule is C=C(C)[C@@H]1CC[C@]2(C)O[P@](=S)(Oc3ccc([N+](=O)[O-])cc3)O[C@@H]2C1.S. The molecule has 138 valence electrons. The zero-order valence-corrected chi connectivity index (χ0v) is 16.8. The van der Waals surface area contributed by atoms with Crippen molar-refractivity contribution in [2.75, 3.05) is 0 Å². The van der Waals surface area contributed by atoms with Gasteiger partial charge < -0.3 is 4.52 Å². The summed E-state index contributed by atoms with van der Waals surface area (Å²) >= 11 is 5.51. The van der Waals surface area contributed by atoms with Gasteiger partial charge in [-0.1, -0.05) is 12.2 Å². The molecule has 0 spiro atoms. The molecular weight excluding hydrogens is 381 g/mol. The predicted molar refractivity (Wildman–Crippen MR) is 105 cm³/mol. The van der Waals surface area contributed by atoms with Gasteiger partial charge in [0.1, 0.15) is 11.4 Å². The lowest BCUT2D eigenvalue weighted by Crippen LogP contribution is -2.42. The van der Waals surface area contributed by atoms with Gasteiger partial charge in [-0.25, -0.2) is 0 Å². The maximum absolute atomic E-state index is 10.7. The second-order valence-electron chi connectivity index (χ2n) is 6.61. The van der Waals surface area contributed by atoms with Crippen LogP contribution in [-0.4, -0.2) is 16.6 Å². The standard InChI is InChI=1S/C16H20NO5PS.H2S/c1-11(2)12-8-9-16(3)15(10-12)21-23(24,22-16)20-14-6-4-13(5-7-14)17(18)19;/h4-7,12,15H,1,8-10H2,2-3H3;1H2/t12-,15-,16+,23+;/m1./s1. The van der Waals surface area contributed by atoms with Crippen LogP contribution in [-0.2, 0) is 20.9 Å². The van der Waals surface area contributed by atoms with Gasteiger partial charge in [-0.2, -0.15) is 13.5 Å². The molecule has 1 aliphatic heterocycles. The van der Waals surface area contributed by atoms with Crippen LogP contribution in [0.2, 0.25) is 0 Å². The topological polar surface area (TPSA) is 70.8 Å². The number of hydrogen-bond donors (Lipinski definition) is 0. The van der Waals surface area contributed by atoms with Crippen molar-refractivity contribution in [1.29, 1.82) is 0 Å². The molecule has 4 atom stereocenters. The molecule has 0 aromatic heterocycles. The predicted octanol–water partition coefficient (Wildman–Crippen LogP) is 4.86. The highest BCUT2D eigenvalue weighted by Crippen LogP contribution is 2.64. The van der Waals surface area contributed by atoms with Crippen LogP contribution < -0.4 is 4.52 Å². The minimum atomic E-state index is -2.92. The van der Waals surface area contributed by atoms with E-state index in [1.54, 1.807) is 0 Å². The smallest absolute Gasteiger partial charge is 0.381 e. The summed E-state index contributed by atoms with van der Waals surface area (Å²) in [7, 11) is 0. The molecule has 0 unspecified atom stereocenters. The molecule has 1 aromatic carbocycles. The summed E-state index contributed by atoms with van der Waals surface area (Å²) in [6.07, 6.45) is 2.56. The summed E-state index contributed by atoms with van der Waals surface area (Å²) in [6, 6.07) is 5.78. The van der Waals surface area contributed by atoms with E-state index in [1.807, 2.05) is 13.8 Å². The second-order valence-corrected chi connectivity index (χ2v) is 9.42. The Labute approximate surface area is 159 Å². The number of allylic oxidation sites excluding steroid dienone is 1. The molecule has 6 nitrogen and oxygen atoms in total. The Balaban J connectivity index is 0.00000225. The Morgan fingerprint density at radius 1 is 1.48 bits per heavy atom. The highest BCUT2D eigenvalue weighted by Gasteiger charge is 2.54. The highest BCUT2D eigenvalue weighted by atomic mass is 32.5. The number of nitro benzene ring substituents is 1. The van der Waals surface area contributed by atoms with Crippen molar-refractivity contribution < 1.29 is 18.5 Å². The van der Waals surface area contributed by atoms with Crippen molar-refractivity contribution in [3.8, 4) is 5.75 Å². The number of nitro groups is 1. The minimum absolute atomic E-state index is 0. The summed E-state index contributed by atoms with van der Waals surface area (Å²) in [5.41, 5.74) is 0.705. The highest BCUT2D eigenvalue weighted by molar-refractivity contribution is 8.07. The van der Waals surface area contributed by atoms with Gasteiger partial charge in [0.2, 0.25) is 0 Å². The van der Waals surface area contributed by atoms with Crippen molar-refractivity contribution in [2.24, 2.45) is 5.92 Å². The molecule has 1 aliphatic carbocycles. The molecule has 1 aromatic rings. The van der Waals surface area contributed by atoms with Gasteiger partial charge in [0.25, 0.3) is 5.69 Å². The molecule has 1 saturated carbocycles. The summed E-state index contributed by atoms with van der Waals surface area (Å²) in [4.78, 5) is 10.3. The van der Waals surface area contributed by atoms with Crippen LogP contribution in [0.1, 0.15) is 33.1 Å². The molecule has 3 rings (SSSR count). The first-order valence-electron chi connectivity index (χ1n) is 7.79. The van der Waals surface area contributed by atoms with E-state index < -0.39 is 17.2 Å². The molecule has 1 heterocycles. The average Bonchev–Trinajstić information content (AvgIpc) is 2.76. The fourth-order valence-electron chi connectivity index (χ4n) is 3.18. The van der Waals surface area contributed by atoms with E-state index in [2.05, 4.69) is 6.58 Å². The Morgan fingerprint density at radius 3 is 2.68 bits per heavy atom. The van der Waals surface area contributed by atoms with Crippen molar-refractivity contribution in [2.45, 2.75) is 44.8 Å². The zero-order valence-electron chi connectivity index (χ0n) is 14.1. The van der Waals surface area contributed by atoms with E-state index in [9.17, 15) is 10.1 Å². The molecule has 9 heteroatoms. The van der Waals surface area contributed by atoms with Crippen molar-refractivity contribution in [3.63, 3.8) is 0 Å². The monoisotopic (exact) mass is 403 g/mol. The van der Waals surface area contributed by atoms with Crippen LogP contribution in [0.15, 0.2) is 36.4 Å². The van der Waals surface area contributed by atoms with E-state index in [0.29, 0.717) is 11.7 Å². The van der Waals surface area contributed by atoms with Gasteiger partial charge in [-0.15, -0.1) is 0 Å². The number of fused-ring (bicyclic) bond motifs is 1. The van der Waals surface area contributed by atoms with Gasteiger partial charge in [-0.05, 0) is 51.2 Å². The fraction of sp³-hybridized carbons (Fsp3) is 0.500. The summed E-state index contributed by atoms with van der Waals surface area (Å²) in [6.45, 7) is 5.17. The minimum Gasteiger partial charge on any atom is -0.424 e. The van der Waals surface area contributed by atoms with Crippen molar-refractivity contribution in [3.05, 3.63) is 46.5 Å². The molecule has 0 radical (unpaired) electrons. The Kier molecular flexibility index (Phi) is 6.01. The summed E-state index contributed by atoms with van der Waals surface area (Å²) in [5.74, 6) is 0.829. The number of non-ortho nitro benzene ring substituents is 1. The first kappa shape index (κ1) is 20.4. The normalized spacial score (nSPS) is 33.8.